The normalized spacial score (nSPS) is 16.6. The van der Waals surface area contributed by atoms with E-state index >= 15 is 0 Å². The van der Waals surface area contributed by atoms with Crippen LogP contribution >= 0.6 is 0 Å². The van der Waals surface area contributed by atoms with Gasteiger partial charge in [-0.05, 0) is 6.07 Å². The first-order valence-corrected chi connectivity index (χ1v) is 9.54. The summed E-state index contributed by atoms with van der Waals surface area (Å²) in [6.07, 6.45) is -0.0870. The quantitative estimate of drug-likeness (QED) is 0.614. The monoisotopic (exact) mass is 370 g/mol. The van der Waals surface area contributed by atoms with Crippen LogP contribution in [0.15, 0.2) is 10.6 Å². The number of hydrogen-bond donors (Lipinski definition) is 2. The van der Waals surface area contributed by atoms with Gasteiger partial charge in [-0.2, -0.15) is 10.1 Å². The number of primary amides is 1. The van der Waals surface area contributed by atoms with E-state index in [-0.39, 0.29) is 11.6 Å². The third-order valence-electron chi connectivity index (χ3n) is 3.74. The van der Waals surface area contributed by atoms with Gasteiger partial charge in [0, 0.05) is 19.3 Å². The first-order valence-electron chi connectivity index (χ1n) is 7.48. The highest BCUT2D eigenvalue weighted by Gasteiger charge is 2.24. The molecule has 136 valence electrons. The molecule has 0 aromatic carbocycles. The second kappa shape index (κ2) is 6.54. The number of nitrogens with zero attached hydrogens (tertiary/aromatic N) is 5. The van der Waals surface area contributed by atoms with Gasteiger partial charge in [-0.3, -0.25) is 14.4 Å². The number of rotatable bonds is 6. The van der Waals surface area contributed by atoms with Gasteiger partial charge in [0.2, 0.25) is 0 Å². The van der Waals surface area contributed by atoms with Crippen LogP contribution in [0.1, 0.15) is 34.0 Å². The Labute approximate surface area is 143 Å². The summed E-state index contributed by atoms with van der Waals surface area (Å²) < 4.78 is 29.1. The first-order chi connectivity index (χ1) is 11.7. The number of carbonyl (C=O) groups is 1. The lowest BCUT2D eigenvalue weighted by molar-refractivity contribution is 0.0958. The molecule has 3 heterocycles. The second-order valence-corrected chi connectivity index (χ2v) is 8.17. The van der Waals surface area contributed by atoms with Crippen molar-refractivity contribution in [3.8, 4) is 0 Å². The van der Waals surface area contributed by atoms with Gasteiger partial charge in [-0.1, -0.05) is 5.16 Å². The van der Waals surface area contributed by atoms with Crippen molar-refractivity contribution < 1.29 is 22.8 Å². The summed E-state index contributed by atoms with van der Waals surface area (Å²) in [6.45, 7) is 2.10. The van der Waals surface area contributed by atoms with E-state index in [1.165, 1.54) is 0 Å². The molecular weight excluding hydrogens is 352 g/mol. The van der Waals surface area contributed by atoms with Crippen molar-refractivity contribution in [2.75, 3.05) is 18.6 Å². The summed E-state index contributed by atoms with van der Waals surface area (Å²) in [5, 5.41) is 18.0. The van der Waals surface area contributed by atoms with Crippen molar-refractivity contribution in [1.29, 1.82) is 0 Å². The summed E-state index contributed by atoms with van der Waals surface area (Å²) in [6, 6.07) is 1.69. The van der Waals surface area contributed by atoms with E-state index in [9.17, 15) is 18.3 Å². The fourth-order valence-electron chi connectivity index (χ4n) is 2.63. The van der Waals surface area contributed by atoms with Crippen molar-refractivity contribution in [1.82, 2.24) is 24.8 Å². The molecule has 2 aromatic heterocycles. The molecule has 3 rings (SSSR count). The molecule has 1 amide bonds. The molecule has 12 heteroatoms. The van der Waals surface area contributed by atoms with Gasteiger partial charge >= 0.3 is 11.8 Å². The van der Waals surface area contributed by atoms with Crippen molar-refractivity contribution >= 4 is 15.7 Å². The largest absolute Gasteiger partial charge is 0.386 e. The van der Waals surface area contributed by atoms with E-state index in [1.807, 2.05) is 4.90 Å². The van der Waals surface area contributed by atoms with Crippen LogP contribution in [0.2, 0.25) is 0 Å². The Balaban J connectivity index is 1.67. The molecule has 25 heavy (non-hydrogen) atoms. The minimum atomic E-state index is -3.30. The Kier molecular flexibility index (Phi) is 4.58. The molecule has 0 aliphatic carbocycles. The van der Waals surface area contributed by atoms with Crippen molar-refractivity contribution in [3.05, 3.63) is 29.2 Å². The van der Waals surface area contributed by atoms with Crippen LogP contribution in [0.25, 0.3) is 0 Å². The highest BCUT2D eigenvalue weighted by molar-refractivity contribution is 7.90. The van der Waals surface area contributed by atoms with E-state index < -0.39 is 21.8 Å². The van der Waals surface area contributed by atoms with Crippen LogP contribution < -0.4 is 5.73 Å². The summed E-state index contributed by atoms with van der Waals surface area (Å²) >= 11 is 0. The van der Waals surface area contributed by atoms with E-state index in [0.717, 1.165) is 11.9 Å². The predicted octanol–water partition coefficient (Wildman–Crippen LogP) is -1.54. The molecule has 0 radical (unpaired) electrons. The molecule has 0 fully saturated rings. The number of aliphatic hydroxyl groups is 1. The number of aromatic nitrogens is 4. The summed E-state index contributed by atoms with van der Waals surface area (Å²) in [7, 11) is -3.30. The smallest absolute Gasteiger partial charge is 0.315 e. The number of sulfone groups is 1. The Morgan fingerprint density at radius 2 is 2.24 bits per heavy atom. The van der Waals surface area contributed by atoms with Crippen molar-refractivity contribution in [3.63, 3.8) is 0 Å². The highest BCUT2D eigenvalue weighted by Crippen LogP contribution is 2.20. The molecule has 11 nitrogen and oxygen atoms in total. The van der Waals surface area contributed by atoms with E-state index in [0.29, 0.717) is 37.7 Å². The topological polar surface area (TPSA) is 157 Å². The Bertz CT molecular complexity index is 889. The lowest BCUT2D eigenvalue weighted by atomic mass is 10.2. The maximum atomic E-state index is 11.3. The average molecular weight is 370 g/mol. The van der Waals surface area contributed by atoms with Gasteiger partial charge < -0.3 is 15.4 Å². The van der Waals surface area contributed by atoms with Crippen molar-refractivity contribution in [2.24, 2.45) is 5.73 Å². The molecule has 0 unspecified atom stereocenters. The van der Waals surface area contributed by atoms with Crippen LogP contribution in [-0.2, 0) is 29.5 Å². The summed E-state index contributed by atoms with van der Waals surface area (Å²) in [5.74, 6) is -1.03. The number of nitrogens with two attached hydrogens (primary N) is 1. The number of amides is 1. The van der Waals surface area contributed by atoms with Crippen LogP contribution in [0, 0.1) is 0 Å². The maximum Gasteiger partial charge on any atom is 0.315 e. The third kappa shape index (κ3) is 4.21. The minimum absolute atomic E-state index is 0.233. The number of carbonyl (C=O) groups excluding carboxylic acids is 1. The standard InChI is InChI=1S/C13H18N6O5S/c1-25(22,23)7-10(20)9-4-8-5-18(2-3-19(8)16-9)6-11-15-13(12(14)21)24-17-11/h4,10,20H,2-3,5-7H2,1H3,(H2,14,21)/t10-/m0/s1. The molecule has 0 saturated carbocycles. The Hall–Kier alpha value is -2.31. The number of hydrogen-bond acceptors (Lipinski definition) is 9. The molecule has 1 atom stereocenters. The van der Waals surface area contributed by atoms with Crippen molar-refractivity contribution in [2.45, 2.75) is 25.7 Å². The van der Waals surface area contributed by atoms with Gasteiger partial charge in [-0.15, -0.1) is 0 Å². The van der Waals surface area contributed by atoms with Gasteiger partial charge in [-0.25, -0.2) is 8.42 Å². The van der Waals surface area contributed by atoms with Crippen LogP contribution in [0.3, 0.4) is 0 Å². The van der Waals surface area contributed by atoms with Gasteiger partial charge in [0.05, 0.1) is 30.2 Å². The summed E-state index contributed by atoms with van der Waals surface area (Å²) in [4.78, 5) is 16.9. The van der Waals surface area contributed by atoms with E-state index in [4.69, 9.17) is 10.3 Å². The van der Waals surface area contributed by atoms with E-state index in [1.54, 1.807) is 10.7 Å². The van der Waals surface area contributed by atoms with Crippen LogP contribution in [-0.4, -0.2) is 62.8 Å². The maximum absolute atomic E-state index is 11.3. The molecule has 0 saturated heterocycles. The summed E-state index contributed by atoms with van der Waals surface area (Å²) in [5.41, 5.74) is 6.24. The molecule has 3 N–H and O–H groups in total. The minimum Gasteiger partial charge on any atom is -0.386 e. The van der Waals surface area contributed by atoms with Crippen LogP contribution in [0.4, 0.5) is 0 Å². The average Bonchev–Trinajstić information content (AvgIpc) is 3.11. The molecule has 0 spiro atoms. The van der Waals surface area contributed by atoms with Gasteiger partial charge in [0.1, 0.15) is 15.9 Å². The third-order valence-corrected chi connectivity index (χ3v) is 4.66. The molecule has 0 bridgehead atoms. The molecule has 1 aliphatic heterocycles. The lowest BCUT2D eigenvalue weighted by Crippen LogP contribution is -2.33. The fraction of sp³-hybridized carbons (Fsp3) is 0.538. The molecule has 2 aromatic rings. The second-order valence-electron chi connectivity index (χ2n) is 5.98. The lowest BCUT2D eigenvalue weighted by Gasteiger charge is -2.26. The zero-order chi connectivity index (χ0) is 18.2. The first kappa shape index (κ1) is 17.5. The Morgan fingerprint density at radius 3 is 2.88 bits per heavy atom. The Morgan fingerprint density at radius 1 is 1.48 bits per heavy atom. The molecule has 1 aliphatic rings. The highest BCUT2D eigenvalue weighted by atomic mass is 32.2. The van der Waals surface area contributed by atoms with Gasteiger partial charge in [0.25, 0.3) is 0 Å². The van der Waals surface area contributed by atoms with Gasteiger partial charge in [0.15, 0.2) is 5.82 Å². The number of aliphatic hydroxyl groups excluding tert-OH is 1. The zero-order valence-corrected chi connectivity index (χ0v) is 14.3. The fourth-order valence-corrected chi connectivity index (χ4v) is 3.38. The van der Waals surface area contributed by atoms with E-state index in [2.05, 4.69) is 15.2 Å². The SMILES string of the molecule is CS(=O)(=O)C[C@H](O)c1cc2n(n1)CCN(Cc1noc(C(N)=O)n1)C2. The molecular formula is C13H18N6O5S. The predicted molar refractivity (Wildman–Crippen MR) is 83.8 cm³/mol. The number of fused-ring (bicyclic) bond motifs is 1. The zero-order valence-electron chi connectivity index (χ0n) is 13.5. The van der Waals surface area contributed by atoms with Crippen LogP contribution in [0.5, 0.6) is 0 Å².